The molecular weight excluding hydrogens is 382 g/mol. The van der Waals surface area contributed by atoms with Crippen molar-refractivity contribution in [3.8, 4) is 17.0 Å². The molecule has 0 aliphatic carbocycles. The van der Waals surface area contributed by atoms with Crippen LogP contribution in [0.25, 0.3) is 11.3 Å². The highest BCUT2D eigenvalue weighted by Gasteiger charge is 2.25. The molecule has 2 aromatic heterocycles. The van der Waals surface area contributed by atoms with Crippen LogP contribution in [0.15, 0.2) is 67.1 Å². The van der Waals surface area contributed by atoms with E-state index in [1.54, 1.807) is 48.9 Å². The Bertz CT molecular complexity index is 1030. The number of rotatable bonds is 5. The van der Waals surface area contributed by atoms with Crippen molar-refractivity contribution in [1.82, 2.24) is 14.9 Å². The van der Waals surface area contributed by atoms with Crippen LogP contribution in [0.4, 0.5) is 0 Å². The Kier molecular flexibility index (Phi) is 5.70. The summed E-state index contributed by atoms with van der Waals surface area (Å²) in [5.41, 5.74) is 2.03. The monoisotopic (exact) mass is 403 g/mol. The zero-order valence-corrected chi connectivity index (χ0v) is 16.3. The molecule has 1 saturated heterocycles. The highest BCUT2D eigenvalue weighted by molar-refractivity contribution is 5.94. The lowest BCUT2D eigenvalue weighted by Crippen LogP contribution is -2.41. The first-order valence-corrected chi connectivity index (χ1v) is 9.76. The van der Waals surface area contributed by atoms with Gasteiger partial charge in [-0.25, -0.2) is 4.79 Å². The second-order valence-corrected chi connectivity index (χ2v) is 7.12. The van der Waals surface area contributed by atoms with Crippen LogP contribution < -0.4 is 4.74 Å². The predicted molar refractivity (Wildman–Crippen MR) is 110 cm³/mol. The van der Waals surface area contributed by atoms with E-state index in [9.17, 15) is 9.59 Å². The Hall–Kier alpha value is -3.74. The number of carbonyl (C=O) groups is 2. The van der Waals surface area contributed by atoms with Gasteiger partial charge in [-0.2, -0.15) is 0 Å². The summed E-state index contributed by atoms with van der Waals surface area (Å²) in [6.45, 7) is 1.23. The lowest BCUT2D eigenvalue weighted by atomic mass is 10.1. The highest BCUT2D eigenvalue weighted by atomic mass is 16.5. The van der Waals surface area contributed by atoms with E-state index in [1.165, 1.54) is 6.07 Å². The van der Waals surface area contributed by atoms with Crippen molar-refractivity contribution in [3.63, 3.8) is 0 Å². The van der Waals surface area contributed by atoms with Crippen molar-refractivity contribution in [2.75, 3.05) is 13.1 Å². The Morgan fingerprint density at radius 2 is 1.83 bits per heavy atom. The summed E-state index contributed by atoms with van der Waals surface area (Å²) in [5.74, 6) is -0.304. The molecule has 0 radical (unpaired) electrons. The maximum atomic E-state index is 12.8. The van der Waals surface area contributed by atoms with E-state index in [2.05, 4.69) is 9.97 Å². The van der Waals surface area contributed by atoms with Crippen molar-refractivity contribution in [2.24, 2.45) is 0 Å². The van der Waals surface area contributed by atoms with Crippen LogP contribution >= 0.6 is 0 Å². The normalized spacial score (nSPS) is 14.3. The molecule has 1 fully saturated rings. The van der Waals surface area contributed by atoms with Gasteiger partial charge >= 0.3 is 5.97 Å². The lowest BCUT2D eigenvalue weighted by Gasteiger charge is -2.32. The van der Waals surface area contributed by atoms with Crippen LogP contribution in [0.5, 0.6) is 5.75 Å². The van der Waals surface area contributed by atoms with Gasteiger partial charge in [-0.15, -0.1) is 0 Å². The molecule has 0 unspecified atom stereocenters. The zero-order chi connectivity index (χ0) is 20.9. The third kappa shape index (κ3) is 4.46. The molecule has 1 aliphatic rings. The fourth-order valence-electron chi connectivity index (χ4n) is 3.47. The number of aromatic carboxylic acids is 1. The van der Waals surface area contributed by atoms with Crippen molar-refractivity contribution >= 4 is 11.9 Å². The smallest absolute Gasteiger partial charge is 0.335 e. The van der Waals surface area contributed by atoms with Crippen LogP contribution in [0.1, 0.15) is 33.6 Å². The van der Waals surface area contributed by atoms with Gasteiger partial charge in [0.05, 0.1) is 23.0 Å². The van der Waals surface area contributed by atoms with Crippen molar-refractivity contribution in [2.45, 2.75) is 18.9 Å². The molecule has 0 atom stereocenters. The van der Waals surface area contributed by atoms with E-state index >= 15 is 0 Å². The molecule has 0 bridgehead atoms. The van der Waals surface area contributed by atoms with Gasteiger partial charge < -0.3 is 14.7 Å². The molecule has 7 nitrogen and oxygen atoms in total. The predicted octanol–water partition coefficient (Wildman–Crippen LogP) is 3.53. The van der Waals surface area contributed by atoms with Gasteiger partial charge in [-0.05, 0) is 36.4 Å². The summed E-state index contributed by atoms with van der Waals surface area (Å²) in [4.78, 5) is 34.2. The average Bonchev–Trinajstić information content (AvgIpc) is 2.80. The van der Waals surface area contributed by atoms with Crippen molar-refractivity contribution in [3.05, 3.63) is 78.2 Å². The number of nitrogens with zero attached hydrogens (tertiary/aromatic N) is 3. The number of ether oxygens (including phenoxy) is 1. The second-order valence-electron chi connectivity index (χ2n) is 7.12. The van der Waals surface area contributed by atoms with Gasteiger partial charge in [-0.3, -0.25) is 14.8 Å². The standard InChI is InChI=1S/C23H21N3O4/c27-22(26-11-8-19(9-12-26)30-20-5-2-10-24-15-20)18-6-7-21(25-14-18)16-3-1-4-17(13-16)23(28)29/h1-7,10,13-15,19H,8-9,11-12H2,(H,28,29). The molecule has 1 aromatic carbocycles. The fourth-order valence-corrected chi connectivity index (χ4v) is 3.47. The largest absolute Gasteiger partial charge is 0.489 e. The third-order valence-electron chi connectivity index (χ3n) is 5.08. The minimum atomic E-state index is -0.987. The molecular formula is C23H21N3O4. The number of piperidine rings is 1. The summed E-state index contributed by atoms with van der Waals surface area (Å²) < 4.78 is 5.93. The Morgan fingerprint density at radius 3 is 2.50 bits per heavy atom. The second kappa shape index (κ2) is 8.73. The summed E-state index contributed by atoms with van der Waals surface area (Å²) in [6.07, 6.45) is 6.53. The first-order chi connectivity index (χ1) is 14.6. The summed E-state index contributed by atoms with van der Waals surface area (Å²) in [6, 6.07) is 13.8. The molecule has 0 spiro atoms. The van der Waals surface area contributed by atoms with Gasteiger partial charge in [0.2, 0.25) is 0 Å². The first kappa shape index (κ1) is 19.6. The number of carboxylic acid groups (broad SMARTS) is 1. The topological polar surface area (TPSA) is 92.6 Å². The molecule has 30 heavy (non-hydrogen) atoms. The quantitative estimate of drug-likeness (QED) is 0.701. The van der Waals surface area contributed by atoms with Gasteiger partial charge in [0.1, 0.15) is 11.9 Å². The Labute approximate surface area is 174 Å². The molecule has 1 N–H and O–H groups in total. The SMILES string of the molecule is O=C(O)c1cccc(-c2ccc(C(=O)N3CCC(Oc4cccnc4)CC3)cn2)c1. The Balaban J connectivity index is 1.37. The molecule has 152 valence electrons. The van der Waals surface area contributed by atoms with E-state index in [1.807, 2.05) is 17.0 Å². The third-order valence-corrected chi connectivity index (χ3v) is 5.08. The maximum Gasteiger partial charge on any atom is 0.335 e. The number of pyridine rings is 2. The number of hydrogen-bond acceptors (Lipinski definition) is 5. The average molecular weight is 403 g/mol. The molecule has 0 saturated carbocycles. The molecule has 3 heterocycles. The van der Waals surface area contributed by atoms with E-state index < -0.39 is 5.97 Å². The van der Waals surface area contributed by atoms with E-state index in [4.69, 9.17) is 9.84 Å². The molecule has 3 aromatic rings. The first-order valence-electron chi connectivity index (χ1n) is 9.76. The van der Waals surface area contributed by atoms with Crippen LogP contribution in [0.2, 0.25) is 0 Å². The van der Waals surface area contributed by atoms with E-state index in [0.29, 0.717) is 29.9 Å². The van der Waals surface area contributed by atoms with Crippen LogP contribution in [0, 0.1) is 0 Å². The number of amides is 1. The lowest BCUT2D eigenvalue weighted by molar-refractivity contribution is 0.0593. The molecule has 7 heteroatoms. The van der Waals surface area contributed by atoms with E-state index in [0.717, 1.165) is 18.6 Å². The molecule has 1 amide bonds. The molecule has 1 aliphatic heterocycles. The Morgan fingerprint density at radius 1 is 1.00 bits per heavy atom. The minimum absolute atomic E-state index is 0.0619. The molecule has 4 rings (SSSR count). The summed E-state index contributed by atoms with van der Waals surface area (Å²) >= 11 is 0. The number of benzene rings is 1. The fraction of sp³-hybridized carbons (Fsp3) is 0.217. The van der Waals surface area contributed by atoms with Gasteiger partial charge in [-0.1, -0.05) is 12.1 Å². The number of aromatic nitrogens is 2. The van der Waals surface area contributed by atoms with Gasteiger partial charge in [0.25, 0.3) is 5.91 Å². The van der Waals surface area contributed by atoms with Crippen LogP contribution in [-0.4, -0.2) is 51.0 Å². The zero-order valence-electron chi connectivity index (χ0n) is 16.3. The van der Waals surface area contributed by atoms with Crippen LogP contribution in [0.3, 0.4) is 0 Å². The van der Waals surface area contributed by atoms with Gasteiger partial charge in [0, 0.05) is 43.9 Å². The number of carbonyl (C=O) groups excluding carboxylic acids is 1. The number of likely N-dealkylation sites (tertiary alicyclic amines) is 1. The van der Waals surface area contributed by atoms with Crippen molar-refractivity contribution < 1.29 is 19.4 Å². The van der Waals surface area contributed by atoms with Crippen molar-refractivity contribution in [1.29, 1.82) is 0 Å². The number of carboxylic acids is 1. The highest BCUT2D eigenvalue weighted by Crippen LogP contribution is 2.21. The number of hydrogen-bond donors (Lipinski definition) is 1. The van der Waals surface area contributed by atoms with Crippen LogP contribution in [-0.2, 0) is 0 Å². The summed E-state index contributed by atoms with van der Waals surface area (Å²) in [5, 5.41) is 9.14. The minimum Gasteiger partial charge on any atom is -0.489 e. The van der Waals surface area contributed by atoms with E-state index in [-0.39, 0.29) is 17.6 Å². The van der Waals surface area contributed by atoms with Gasteiger partial charge in [0.15, 0.2) is 0 Å². The maximum absolute atomic E-state index is 12.8. The summed E-state index contributed by atoms with van der Waals surface area (Å²) in [7, 11) is 0.